The third-order valence-electron chi connectivity index (χ3n) is 5.39. The van der Waals surface area contributed by atoms with Gasteiger partial charge in [-0.05, 0) is 69.6 Å². The highest BCUT2D eigenvalue weighted by molar-refractivity contribution is 5.78. The van der Waals surface area contributed by atoms with Gasteiger partial charge in [-0.25, -0.2) is 0 Å². The fourth-order valence-corrected chi connectivity index (χ4v) is 3.89. The van der Waals surface area contributed by atoms with E-state index in [-0.39, 0.29) is 34.1 Å². The highest BCUT2D eigenvalue weighted by Gasteiger charge is 2.37. The van der Waals surface area contributed by atoms with Crippen LogP contribution in [0.4, 0.5) is 0 Å². The van der Waals surface area contributed by atoms with Crippen LogP contribution in [0.15, 0.2) is 18.2 Å². The van der Waals surface area contributed by atoms with Gasteiger partial charge in [0.25, 0.3) is 0 Å². The number of hydrogen-bond acceptors (Lipinski definition) is 4. The first kappa shape index (κ1) is 20.8. The van der Waals surface area contributed by atoms with Gasteiger partial charge in [0.05, 0.1) is 11.5 Å². The van der Waals surface area contributed by atoms with E-state index in [4.69, 9.17) is 4.74 Å². The van der Waals surface area contributed by atoms with Crippen LogP contribution in [-0.2, 0) is 14.9 Å². The minimum Gasteiger partial charge on any atom is -0.508 e. The number of rotatable bonds is 4. The molecule has 1 aliphatic heterocycles. The zero-order valence-corrected chi connectivity index (χ0v) is 17.4. The molecule has 1 heterocycles. The maximum Gasteiger partial charge on any atom is 0.313 e. The lowest BCUT2D eigenvalue weighted by atomic mass is 9.82. The van der Waals surface area contributed by atoms with Gasteiger partial charge < -0.3 is 15.2 Å². The van der Waals surface area contributed by atoms with Gasteiger partial charge >= 0.3 is 5.97 Å². The number of carbonyl (C=O) groups is 1. The fraction of sp³-hybridized carbons (Fsp3) is 0.682. The van der Waals surface area contributed by atoms with Crippen molar-refractivity contribution in [2.24, 2.45) is 0 Å². The second-order valence-electron chi connectivity index (χ2n) is 9.78. The lowest BCUT2D eigenvalue weighted by Gasteiger charge is -2.44. The summed E-state index contributed by atoms with van der Waals surface area (Å²) in [4.78, 5) is 12.6. The zero-order valence-electron chi connectivity index (χ0n) is 17.4. The molecule has 1 aromatic carbocycles. The third kappa shape index (κ3) is 5.00. The molecule has 1 saturated heterocycles. The van der Waals surface area contributed by atoms with E-state index in [0.717, 1.165) is 30.4 Å². The Balaban J connectivity index is 2.06. The van der Waals surface area contributed by atoms with E-state index >= 15 is 0 Å². The monoisotopic (exact) mass is 361 g/mol. The Kier molecular flexibility index (Phi) is 5.77. The molecule has 0 aliphatic carbocycles. The molecule has 2 atom stereocenters. The summed E-state index contributed by atoms with van der Waals surface area (Å²) in [6.07, 6.45) is 3.28. The minimum atomic E-state index is -0.364. The molecule has 0 aromatic heterocycles. The maximum absolute atomic E-state index is 12.6. The van der Waals surface area contributed by atoms with E-state index in [0.29, 0.717) is 6.61 Å². The summed E-state index contributed by atoms with van der Waals surface area (Å²) >= 11 is 0. The smallest absolute Gasteiger partial charge is 0.313 e. The lowest BCUT2D eigenvalue weighted by molar-refractivity contribution is -0.148. The average Bonchev–Trinajstić information content (AvgIpc) is 2.50. The highest BCUT2D eigenvalue weighted by Crippen LogP contribution is 2.34. The Morgan fingerprint density at radius 3 is 2.50 bits per heavy atom. The van der Waals surface area contributed by atoms with E-state index in [1.807, 2.05) is 33.8 Å². The van der Waals surface area contributed by atoms with E-state index in [1.54, 1.807) is 12.1 Å². The standard InChI is InChI=1S/C22H35NO3/c1-15(16-9-10-18(24)17(13-16)20(2,3)4)19(25)26-14-22(7)12-8-11-21(5,6)23-22/h9-10,13,15,23-24H,8,11-12,14H2,1-7H3. The van der Waals surface area contributed by atoms with Crippen molar-refractivity contribution >= 4 is 5.97 Å². The van der Waals surface area contributed by atoms with Crippen molar-refractivity contribution < 1.29 is 14.6 Å². The van der Waals surface area contributed by atoms with Crippen LogP contribution < -0.4 is 5.32 Å². The average molecular weight is 362 g/mol. The van der Waals surface area contributed by atoms with Crippen LogP contribution in [0.2, 0.25) is 0 Å². The van der Waals surface area contributed by atoms with Gasteiger partial charge in [-0.15, -0.1) is 0 Å². The first-order valence-electron chi connectivity index (χ1n) is 9.62. The van der Waals surface area contributed by atoms with Gasteiger partial charge in [-0.3, -0.25) is 4.79 Å². The Labute approximate surface area is 158 Å². The van der Waals surface area contributed by atoms with E-state index in [9.17, 15) is 9.90 Å². The van der Waals surface area contributed by atoms with Crippen molar-refractivity contribution in [1.82, 2.24) is 5.32 Å². The predicted molar refractivity (Wildman–Crippen MR) is 106 cm³/mol. The molecule has 0 radical (unpaired) electrons. The zero-order chi connectivity index (χ0) is 19.8. The fourth-order valence-electron chi connectivity index (χ4n) is 3.89. The first-order chi connectivity index (χ1) is 11.8. The summed E-state index contributed by atoms with van der Waals surface area (Å²) in [5.41, 5.74) is 1.43. The molecule has 2 unspecified atom stereocenters. The number of esters is 1. The summed E-state index contributed by atoms with van der Waals surface area (Å²) in [7, 11) is 0. The van der Waals surface area contributed by atoms with E-state index in [1.165, 1.54) is 0 Å². The maximum atomic E-state index is 12.6. The Hall–Kier alpha value is -1.55. The van der Waals surface area contributed by atoms with Crippen molar-refractivity contribution in [3.05, 3.63) is 29.3 Å². The second-order valence-corrected chi connectivity index (χ2v) is 9.78. The molecule has 0 spiro atoms. The van der Waals surface area contributed by atoms with Crippen molar-refractivity contribution in [3.63, 3.8) is 0 Å². The summed E-state index contributed by atoms with van der Waals surface area (Å²) in [5, 5.41) is 13.8. The number of benzene rings is 1. The normalized spacial score (nSPS) is 24.1. The van der Waals surface area contributed by atoms with Gasteiger partial charge in [-0.1, -0.05) is 32.9 Å². The molecule has 0 bridgehead atoms. The van der Waals surface area contributed by atoms with Crippen LogP contribution in [0.5, 0.6) is 5.75 Å². The number of ether oxygens (including phenoxy) is 1. The topological polar surface area (TPSA) is 58.6 Å². The largest absolute Gasteiger partial charge is 0.508 e. The summed E-state index contributed by atoms with van der Waals surface area (Å²) in [6.45, 7) is 14.9. The quantitative estimate of drug-likeness (QED) is 0.767. The van der Waals surface area contributed by atoms with Crippen molar-refractivity contribution in [1.29, 1.82) is 0 Å². The van der Waals surface area contributed by atoms with Crippen LogP contribution in [-0.4, -0.2) is 28.8 Å². The van der Waals surface area contributed by atoms with Crippen LogP contribution >= 0.6 is 0 Å². The number of phenols is 1. The van der Waals surface area contributed by atoms with Crippen LogP contribution in [0.25, 0.3) is 0 Å². The number of piperidine rings is 1. The molecule has 2 N–H and O–H groups in total. The minimum absolute atomic E-state index is 0.0730. The van der Waals surface area contributed by atoms with Crippen molar-refractivity contribution in [2.75, 3.05) is 6.61 Å². The van der Waals surface area contributed by atoms with Crippen LogP contribution in [0.1, 0.15) is 84.8 Å². The van der Waals surface area contributed by atoms with Gasteiger partial charge in [0.15, 0.2) is 0 Å². The number of phenolic OH excluding ortho intramolecular Hbond substituents is 1. The van der Waals surface area contributed by atoms with Gasteiger partial charge in [0.2, 0.25) is 0 Å². The Bertz CT molecular complexity index is 660. The summed E-state index contributed by atoms with van der Waals surface area (Å²) in [5.74, 6) is -0.318. The molecule has 1 aliphatic rings. The molecule has 0 amide bonds. The summed E-state index contributed by atoms with van der Waals surface area (Å²) < 4.78 is 5.69. The molecule has 146 valence electrons. The molecule has 4 nitrogen and oxygen atoms in total. The van der Waals surface area contributed by atoms with Crippen LogP contribution in [0.3, 0.4) is 0 Å². The van der Waals surface area contributed by atoms with Crippen molar-refractivity contribution in [3.8, 4) is 5.75 Å². The SMILES string of the molecule is CC(C(=O)OCC1(C)CCCC(C)(C)N1)c1ccc(O)c(C(C)(C)C)c1. The van der Waals surface area contributed by atoms with Gasteiger partial charge in [-0.2, -0.15) is 0 Å². The summed E-state index contributed by atoms with van der Waals surface area (Å²) in [6, 6.07) is 5.40. The van der Waals surface area contributed by atoms with E-state index < -0.39 is 0 Å². The number of aromatic hydroxyl groups is 1. The molecule has 1 aromatic rings. The van der Waals surface area contributed by atoms with E-state index in [2.05, 4.69) is 26.1 Å². The van der Waals surface area contributed by atoms with Crippen molar-refractivity contribution in [2.45, 2.75) is 90.1 Å². The molecule has 0 saturated carbocycles. The van der Waals surface area contributed by atoms with Gasteiger partial charge in [0.1, 0.15) is 12.4 Å². The van der Waals surface area contributed by atoms with Gasteiger partial charge in [0, 0.05) is 5.54 Å². The lowest BCUT2D eigenvalue weighted by Crippen LogP contribution is -2.59. The highest BCUT2D eigenvalue weighted by atomic mass is 16.5. The molecule has 26 heavy (non-hydrogen) atoms. The Morgan fingerprint density at radius 2 is 1.92 bits per heavy atom. The number of carbonyl (C=O) groups excluding carboxylic acids is 1. The predicted octanol–water partition coefficient (Wildman–Crippen LogP) is 4.65. The third-order valence-corrected chi connectivity index (χ3v) is 5.39. The molecular weight excluding hydrogens is 326 g/mol. The molecule has 1 fully saturated rings. The van der Waals surface area contributed by atoms with Crippen LogP contribution in [0, 0.1) is 0 Å². The first-order valence-corrected chi connectivity index (χ1v) is 9.62. The number of hydrogen-bond donors (Lipinski definition) is 2. The second kappa shape index (κ2) is 7.22. The molecular formula is C22H35NO3. The molecule has 2 rings (SSSR count). The number of nitrogens with one attached hydrogen (secondary N) is 1. The molecule has 4 heteroatoms. The Morgan fingerprint density at radius 1 is 1.27 bits per heavy atom.